The van der Waals surface area contributed by atoms with Crippen LogP contribution in [0.3, 0.4) is 0 Å². The lowest BCUT2D eigenvalue weighted by atomic mass is 10.4. The molecule has 112 valence electrons. The topological polar surface area (TPSA) is 102 Å². The number of nitrogens with zero attached hydrogens (tertiary/aromatic N) is 4. The van der Waals surface area contributed by atoms with E-state index in [4.69, 9.17) is 5.11 Å². The van der Waals surface area contributed by atoms with E-state index in [-0.39, 0.29) is 18.0 Å². The maximum atomic E-state index is 11.7. The van der Waals surface area contributed by atoms with Gasteiger partial charge in [0.05, 0.1) is 22.4 Å². The second-order valence-electron chi connectivity index (χ2n) is 4.36. The lowest BCUT2D eigenvalue weighted by molar-refractivity contribution is -0.121. The van der Waals surface area contributed by atoms with E-state index in [0.717, 1.165) is 10.9 Å². The number of carboxylic acids is 1. The van der Waals surface area contributed by atoms with Crippen molar-refractivity contribution < 1.29 is 14.7 Å². The Morgan fingerprint density at radius 1 is 1.24 bits per heavy atom. The van der Waals surface area contributed by atoms with Crippen LogP contribution in [0.1, 0.15) is 16.8 Å². The van der Waals surface area contributed by atoms with Crippen LogP contribution >= 0.6 is 15.9 Å². The molecule has 0 radical (unpaired) electrons. The van der Waals surface area contributed by atoms with Crippen LogP contribution in [-0.2, 0) is 17.9 Å². The van der Waals surface area contributed by atoms with Crippen LogP contribution in [0.2, 0.25) is 0 Å². The molecule has 2 heterocycles. The number of halogens is 1. The highest BCUT2D eigenvalue weighted by molar-refractivity contribution is 9.10. The first kappa shape index (κ1) is 15.2. The number of carboxylic acid groups (broad SMARTS) is 1. The van der Waals surface area contributed by atoms with Crippen LogP contribution in [0, 0.1) is 0 Å². The molecule has 0 spiro atoms. The molecule has 0 atom stereocenters. The number of carbonyl (C=O) groups is 2. The van der Waals surface area contributed by atoms with Gasteiger partial charge in [-0.25, -0.2) is 4.79 Å². The third-order valence-electron chi connectivity index (χ3n) is 2.67. The Bertz CT molecular complexity index is 636. The summed E-state index contributed by atoms with van der Waals surface area (Å²) < 4.78 is 3.99. The number of rotatable bonds is 7. The summed E-state index contributed by atoms with van der Waals surface area (Å²) in [7, 11) is 0. The Morgan fingerprint density at radius 2 is 2.00 bits per heavy atom. The van der Waals surface area contributed by atoms with Gasteiger partial charge in [-0.2, -0.15) is 10.2 Å². The largest absolute Gasteiger partial charge is 0.478 e. The molecule has 2 N–H and O–H groups in total. The molecule has 2 aromatic rings. The third kappa shape index (κ3) is 4.71. The quantitative estimate of drug-likeness (QED) is 0.713. The second-order valence-corrected chi connectivity index (χ2v) is 5.27. The van der Waals surface area contributed by atoms with E-state index in [9.17, 15) is 9.59 Å². The minimum absolute atomic E-state index is 0.000593. The Balaban J connectivity index is 1.68. The van der Waals surface area contributed by atoms with Crippen molar-refractivity contribution in [1.29, 1.82) is 0 Å². The van der Waals surface area contributed by atoms with Crippen molar-refractivity contribution in [3.8, 4) is 0 Å². The zero-order valence-corrected chi connectivity index (χ0v) is 12.7. The van der Waals surface area contributed by atoms with E-state index in [0.29, 0.717) is 13.1 Å². The fourth-order valence-corrected chi connectivity index (χ4v) is 2.02. The van der Waals surface area contributed by atoms with Crippen molar-refractivity contribution in [3.63, 3.8) is 0 Å². The Kier molecular flexibility index (Phi) is 5.09. The molecule has 0 aromatic carbocycles. The number of carbonyl (C=O) groups excluding carboxylic acids is 1. The molecule has 0 saturated heterocycles. The van der Waals surface area contributed by atoms with Crippen LogP contribution in [-0.4, -0.2) is 43.1 Å². The van der Waals surface area contributed by atoms with Gasteiger partial charge in [-0.15, -0.1) is 0 Å². The van der Waals surface area contributed by atoms with Crippen molar-refractivity contribution in [1.82, 2.24) is 24.9 Å². The van der Waals surface area contributed by atoms with Gasteiger partial charge in [-0.1, -0.05) is 0 Å². The molecule has 0 aliphatic carbocycles. The summed E-state index contributed by atoms with van der Waals surface area (Å²) in [4.78, 5) is 22.3. The zero-order valence-electron chi connectivity index (χ0n) is 11.1. The number of nitrogens with one attached hydrogen (secondary N) is 1. The van der Waals surface area contributed by atoms with Gasteiger partial charge >= 0.3 is 5.97 Å². The number of aryl methyl sites for hydroxylation is 1. The van der Waals surface area contributed by atoms with E-state index in [1.54, 1.807) is 10.9 Å². The number of aromatic carboxylic acids is 1. The first-order valence-electron chi connectivity index (χ1n) is 6.25. The minimum atomic E-state index is -1.06. The first-order chi connectivity index (χ1) is 10.0. The normalized spacial score (nSPS) is 10.5. The monoisotopic (exact) mass is 355 g/mol. The first-order valence-corrected chi connectivity index (χ1v) is 7.04. The molecule has 0 bridgehead atoms. The lowest BCUT2D eigenvalue weighted by Crippen LogP contribution is -2.29. The summed E-state index contributed by atoms with van der Waals surface area (Å²) in [5.74, 6) is -1.27. The molecule has 0 unspecified atom stereocenters. The Hall–Kier alpha value is -2.16. The Morgan fingerprint density at radius 3 is 2.62 bits per heavy atom. The van der Waals surface area contributed by atoms with Crippen LogP contribution < -0.4 is 5.32 Å². The minimum Gasteiger partial charge on any atom is -0.478 e. The summed E-state index contributed by atoms with van der Waals surface area (Å²) in [6.45, 7) is 1.22. The highest BCUT2D eigenvalue weighted by Gasteiger charge is 2.08. The third-order valence-corrected chi connectivity index (χ3v) is 3.08. The van der Waals surface area contributed by atoms with Gasteiger partial charge in [0.1, 0.15) is 6.54 Å². The molecule has 0 aliphatic heterocycles. The fraction of sp³-hybridized carbons (Fsp3) is 0.333. The van der Waals surface area contributed by atoms with Crippen LogP contribution in [0.25, 0.3) is 0 Å². The van der Waals surface area contributed by atoms with Crippen LogP contribution in [0.15, 0.2) is 29.3 Å². The molecule has 9 heteroatoms. The van der Waals surface area contributed by atoms with Gasteiger partial charge in [0.15, 0.2) is 0 Å². The molecule has 0 saturated carbocycles. The standard InChI is InChI=1S/C12H14BrN5O3/c13-10-5-16-17(7-10)3-1-2-14-11(19)8-18-6-9(4-15-18)12(20)21/h4-7H,1-3,8H2,(H,14,19)(H,20,21). The summed E-state index contributed by atoms with van der Waals surface area (Å²) in [5.41, 5.74) is 0.0621. The predicted octanol–water partition coefficient (Wildman–Crippen LogP) is 0.747. The average Bonchev–Trinajstić information content (AvgIpc) is 3.04. The van der Waals surface area contributed by atoms with Crippen molar-refractivity contribution >= 4 is 27.8 Å². The molecule has 0 fully saturated rings. The maximum Gasteiger partial charge on any atom is 0.338 e. The van der Waals surface area contributed by atoms with Crippen LogP contribution in [0.5, 0.6) is 0 Å². The summed E-state index contributed by atoms with van der Waals surface area (Å²) in [6.07, 6.45) is 6.85. The van der Waals surface area contributed by atoms with Crippen molar-refractivity contribution in [2.24, 2.45) is 0 Å². The lowest BCUT2D eigenvalue weighted by Gasteiger charge is -2.05. The molecular formula is C12H14BrN5O3. The van der Waals surface area contributed by atoms with E-state index < -0.39 is 5.97 Å². The predicted molar refractivity (Wildman–Crippen MR) is 76.7 cm³/mol. The SMILES string of the molecule is O=C(Cn1cc(C(=O)O)cn1)NCCCn1cc(Br)cn1. The van der Waals surface area contributed by atoms with Gasteiger partial charge in [-0.05, 0) is 22.4 Å². The number of hydrogen-bond donors (Lipinski definition) is 2. The molecule has 2 aromatic heterocycles. The van der Waals surface area contributed by atoms with E-state index in [1.807, 2.05) is 6.20 Å². The molecule has 1 amide bonds. The van der Waals surface area contributed by atoms with Crippen molar-refractivity contribution in [2.75, 3.05) is 6.54 Å². The highest BCUT2D eigenvalue weighted by atomic mass is 79.9. The van der Waals surface area contributed by atoms with E-state index >= 15 is 0 Å². The summed E-state index contributed by atoms with van der Waals surface area (Å²) >= 11 is 3.31. The highest BCUT2D eigenvalue weighted by Crippen LogP contribution is 2.06. The number of hydrogen-bond acceptors (Lipinski definition) is 4. The smallest absolute Gasteiger partial charge is 0.338 e. The molecule has 2 rings (SSSR count). The zero-order chi connectivity index (χ0) is 15.2. The van der Waals surface area contributed by atoms with Gasteiger partial charge in [0.25, 0.3) is 0 Å². The number of aromatic nitrogens is 4. The molecule has 21 heavy (non-hydrogen) atoms. The van der Waals surface area contributed by atoms with Crippen LogP contribution in [0.4, 0.5) is 0 Å². The van der Waals surface area contributed by atoms with Crippen molar-refractivity contribution in [3.05, 3.63) is 34.8 Å². The van der Waals surface area contributed by atoms with Gasteiger partial charge < -0.3 is 10.4 Å². The van der Waals surface area contributed by atoms with Gasteiger partial charge in [0.2, 0.25) is 5.91 Å². The van der Waals surface area contributed by atoms with Crippen molar-refractivity contribution in [2.45, 2.75) is 19.5 Å². The van der Waals surface area contributed by atoms with Gasteiger partial charge in [-0.3, -0.25) is 14.2 Å². The summed E-state index contributed by atoms with van der Waals surface area (Å²) in [6, 6.07) is 0. The maximum absolute atomic E-state index is 11.7. The molecule has 0 aliphatic rings. The average molecular weight is 356 g/mol. The van der Waals surface area contributed by atoms with Gasteiger partial charge in [0, 0.05) is 25.5 Å². The van der Waals surface area contributed by atoms with E-state index in [2.05, 4.69) is 31.4 Å². The number of amides is 1. The second kappa shape index (κ2) is 7.02. The molecular weight excluding hydrogens is 342 g/mol. The summed E-state index contributed by atoms with van der Waals surface area (Å²) in [5, 5.41) is 19.4. The fourth-order valence-electron chi connectivity index (χ4n) is 1.69. The molecule has 8 nitrogen and oxygen atoms in total. The van der Waals surface area contributed by atoms with E-state index in [1.165, 1.54) is 17.1 Å². The Labute approximate surface area is 128 Å².